The molecule has 1 saturated heterocycles. The summed E-state index contributed by atoms with van der Waals surface area (Å²) in [6, 6.07) is 1.84. The van der Waals surface area contributed by atoms with Gasteiger partial charge in [-0.3, -0.25) is 4.68 Å². The van der Waals surface area contributed by atoms with Gasteiger partial charge in [-0.15, -0.1) is 0 Å². The van der Waals surface area contributed by atoms with Crippen molar-refractivity contribution in [2.24, 2.45) is 7.05 Å². The van der Waals surface area contributed by atoms with E-state index in [0.717, 1.165) is 37.4 Å². The highest BCUT2D eigenvalue weighted by molar-refractivity contribution is 5.74. The largest absolute Gasteiger partial charge is 0.339 e. The fraction of sp³-hybridized carbons (Fsp3) is 0.500. The number of nitrogens with one attached hydrogen (secondary N) is 1. The normalized spacial score (nSPS) is 17.6. The van der Waals surface area contributed by atoms with Gasteiger partial charge in [-0.25, -0.2) is 14.8 Å². The maximum Gasteiger partial charge on any atom is 0.317 e. The second-order valence-corrected chi connectivity index (χ2v) is 6.16. The van der Waals surface area contributed by atoms with Crippen LogP contribution in [0.25, 0.3) is 0 Å². The molecule has 24 heavy (non-hydrogen) atoms. The van der Waals surface area contributed by atoms with Crippen molar-refractivity contribution >= 4 is 12.0 Å². The Kier molecular flexibility index (Phi) is 4.93. The van der Waals surface area contributed by atoms with Crippen LogP contribution in [-0.4, -0.2) is 56.9 Å². The maximum atomic E-state index is 12.4. The highest BCUT2D eigenvalue weighted by Gasteiger charge is 2.24. The third-order valence-corrected chi connectivity index (χ3v) is 4.11. The van der Waals surface area contributed by atoms with Crippen molar-refractivity contribution in [1.82, 2.24) is 30.0 Å². The molecule has 2 aromatic heterocycles. The van der Waals surface area contributed by atoms with E-state index in [-0.39, 0.29) is 12.1 Å². The number of hydrogen-bond acceptors (Lipinski definition) is 5. The van der Waals surface area contributed by atoms with Crippen molar-refractivity contribution < 1.29 is 4.79 Å². The topological polar surface area (TPSA) is 79.2 Å². The second-order valence-electron chi connectivity index (χ2n) is 6.16. The molecule has 8 heteroatoms. The van der Waals surface area contributed by atoms with Crippen LogP contribution in [0.1, 0.15) is 18.4 Å². The number of amides is 2. The summed E-state index contributed by atoms with van der Waals surface area (Å²) in [4.78, 5) is 24.8. The molecule has 1 fully saturated rings. The minimum Gasteiger partial charge on any atom is -0.339 e. The van der Waals surface area contributed by atoms with E-state index < -0.39 is 0 Å². The molecule has 0 bridgehead atoms. The molecule has 1 atom stereocenters. The van der Waals surface area contributed by atoms with Crippen LogP contribution < -0.4 is 10.2 Å². The van der Waals surface area contributed by atoms with Crippen LogP contribution in [0.4, 0.5) is 10.7 Å². The molecule has 1 aliphatic heterocycles. The zero-order valence-electron chi connectivity index (χ0n) is 14.1. The average molecular weight is 329 g/mol. The van der Waals surface area contributed by atoms with Gasteiger partial charge in [-0.1, -0.05) is 0 Å². The molecule has 0 aliphatic carbocycles. The summed E-state index contributed by atoms with van der Waals surface area (Å²) in [5.41, 5.74) is 1.01. The second kappa shape index (κ2) is 7.29. The number of hydrogen-bond donors (Lipinski definition) is 1. The number of carbonyl (C=O) groups is 1. The molecule has 0 spiro atoms. The van der Waals surface area contributed by atoms with Crippen molar-refractivity contribution in [3.8, 4) is 0 Å². The first-order valence-electron chi connectivity index (χ1n) is 8.13. The van der Waals surface area contributed by atoms with Crippen molar-refractivity contribution in [2.75, 3.05) is 25.0 Å². The fourth-order valence-corrected chi connectivity index (χ4v) is 2.92. The number of aromatic nitrogens is 4. The van der Waals surface area contributed by atoms with E-state index in [0.29, 0.717) is 6.54 Å². The van der Waals surface area contributed by atoms with Gasteiger partial charge in [0.25, 0.3) is 0 Å². The van der Waals surface area contributed by atoms with Crippen LogP contribution in [0.5, 0.6) is 0 Å². The predicted molar refractivity (Wildman–Crippen MR) is 90.5 cm³/mol. The Hall–Kier alpha value is -2.64. The van der Waals surface area contributed by atoms with Crippen LogP contribution >= 0.6 is 0 Å². The standard InChI is InChI=1S/C16H23N7O/c1-21(10-13-9-19-22(2)11-13)16(24)20-14-5-3-8-23(12-14)15-17-6-4-7-18-15/h4,6-7,9,11,14H,3,5,8,10,12H2,1-2H3,(H,20,24)/t14-/m1/s1. The molecule has 0 radical (unpaired) electrons. The Morgan fingerprint density at radius 3 is 2.92 bits per heavy atom. The Balaban J connectivity index is 1.53. The zero-order valence-corrected chi connectivity index (χ0v) is 14.1. The highest BCUT2D eigenvalue weighted by Crippen LogP contribution is 2.15. The molecule has 2 amide bonds. The number of rotatable bonds is 4. The van der Waals surface area contributed by atoms with E-state index in [2.05, 4.69) is 25.3 Å². The molecular formula is C16H23N7O. The van der Waals surface area contributed by atoms with Crippen LogP contribution in [0.15, 0.2) is 30.9 Å². The number of carbonyl (C=O) groups excluding carboxylic acids is 1. The molecule has 1 N–H and O–H groups in total. The van der Waals surface area contributed by atoms with Crippen LogP contribution in [0.3, 0.4) is 0 Å². The van der Waals surface area contributed by atoms with Crippen molar-refractivity contribution in [2.45, 2.75) is 25.4 Å². The summed E-state index contributed by atoms with van der Waals surface area (Å²) in [6.45, 7) is 2.19. The lowest BCUT2D eigenvalue weighted by Crippen LogP contribution is -2.51. The van der Waals surface area contributed by atoms with Gasteiger partial charge >= 0.3 is 6.03 Å². The van der Waals surface area contributed by atoms with Crippen LogP contribution in [0, 0.1) is 0 Å². The molecule has 3 heterocycles. The lowest BCUT2D eigenvalue weighted by atomic mass is 10.1. The van der Waals surface area contributed by atoms with E-state index in [1.807, 2.05) is 13.2 Å². The van der Waals surface area contributed by atoms with Crippen molar-refractivity contribution in [3.63, 3.8) is 0 Å². The first kappa shape index (κ1) is 16.2. The van der Waals surface area contributed by atoms with Gasteiger partial charge < -0.3 is 15.1 Å². The molecular weight excluding hydrogens is 306 g/mol. The highest BCUT2D eigenvalue weighted by atomic mass is 16.2. The average Bonchev–Trinajstić information content (AvgIpc) is 3.00. The molecule has 128 valence electrons. The SMILES string of the molecule is CN(Cc1cnn(C)c1)C(=O)N[C@@H]1CCCN(c2ncccn2)C1. The quantitative estimate of drug-likeness (QED) is 0.906. The van der Waals surface area contributed by atoms with E-state index in [1.54, 1.807) is 41.3 Å². The van der Waals surface area contributed by atoms with Crippen molar-refractivity contribution in [1.29, 1.82) is 0 Å². The molecule has 0 unspecified atom stereocenters. The Morgan fingerprint density at radius 2 is 2.21 bits per heavy atom. The van der Waals surface area contributed by atoms with Gasteiger partial charge in [0, 0.05) is 57.4 Å². The number of nitrogens with zero attached hydrogens (tertiary/aromatic N) is 6. The van der Waals surface area contributed by atoms with Gasteiger partial charge in [-0.2, -0.15) is 5.10 Å². The number of piperidine rings is 1. The zero-order chi connectivity index (χ0) is 16.9. The van der Waals surface area contributed by atoms with Gasteiger partial charge in [0.1, 0.15) is 0 Å². The number of urea groups is 1. The summed E-state index contributed by atoms with van der Waals surface area (Å²) in [5.74, 6) is 0.722. The third-order valence-electron chi connectivity index (χ3n) is 4.11. The smallest absolute Gasteiger partial charge is 0.317 e. The first-order valence-corrected chi connectivity index (χ1v) is 8.13. The molecule has 3 rings (SSSR count). The van der Waals surface area contributed by atoms with Gasteiger partial charge in [0.05, 0.1) is 12.7 Å². The van der Waals surface area contributed by atoms with Crippen LogP contribution in [-0.2, 0) is 13.6 Å². The fourth-order valence-electron chi connectivity index (χ4n) is 2.92. The van der Waals surface area contributed by atoms with E-state index in [9.17, 15) is 4.79 Å². The lowest BCUT2D eigenvalue weighted by Gasteiger charge is -2.33. The molecule has 0 saturated carbocycles. The van der Waals surface area contributed by atoms with E-state index in [1.165, 1.54) is 0 Å². The number of aryl methyl sites for hydroxylation is 1. The Morgan fingerprint density at radius 1 is 1.42 bits per heavy atom. The minimum atomic E-state index is -0.0697. The predicted octanol–water partition coefficient (Wildman–Crippen LogP) is 1.02. The van der Waals surface area contributed by atoms with Gasteiger partial charge in [0.15, 0.2) is 0 Å². The summed E-state index contributed by atoms with van der Waals surface area (Å²) < 4.78 is 1.74. The molecule has 1 aliphatic rings. The molecule has 8 nitrogen and oxygen atoms in total. The Bertz CT molecular complexity index is 672. The van der Waals surface area contributed by atoms with Gasteiger partial charge in [-0.05, 0) is 18.9 Å². The maximum absolute atomic E-state index is 12.4. The number of anilines is 1. The molecule has 0 aromatic carbocycles. The van der Waals surface area contributed by atoms with Crippen LogP contribution in [0.2, 0.25) is 0 Å². The lowest BCUT2D eigenvalue weighted by molar-refractivity contribution is 0.200. The van der Waals surface area contributed by atoms with E-state index in [4.69, 9.17) is 0 Å². The minimum absolute atomic E-state index is 0.0697. The summed E-state index contributed by atoms with van der Waals surface area (Å²) in [5, 5.41) is 7.23. The molecule has 2 aromatic rings. The monoisotopic (exact) mass is 329 g/mol. The summed E-state index contributed by atoms with van der Waals surface area (Å²) >= 11 is 0. The third kappa shape index (κ3) is 4.01. The summed E-state index contributed by atoms with van der Waals surface area (Å²) in [6.07, 6.45) is 9.15. The van der Waals surface area contributed by atoms with Crippen molar-refractivity contribution in [3.05, 3.63) is 36.4 Å². The van der Waals surface area contributed by atoms with E-state index >= 15 is 0 Å². The summed E-state index contributed by atoms with van der Waals surface area (Å²) in [7, 11) is 3.66. The first-order chi connectivity index (χ1) is 11.6. The van der Waals surface area contributed by atoms with Gasteiger partial charge in [0.2, 0.25) is 5.95 Å². The Labute approximate surface area is 141 Å².